The molecule has 0 bridgehead atoms. The first-order valence-electron chi connectivity index (χ1n) is 4.80. The molecule has 0 aliphatic rings. The van der Waals surface area contributed by atoms with Crippen molar-refractivity contribution < 1.29 is 14.7 Å². The third-order valence-electron chi connectivity index (χ3n) is 2.07. The van der Waals surface area contributed by atoms with Gasteiger partial charge in [-0.15, -0.1) is 0 Å². The van der Waals surface area contributed by atoms with Gasteiger partial charge in [0.2, 0.25) is 0 Å². The number of hydrogen-bond donors (Lipinski definition) is 2. The molecule has 0 radical (unpaired) electrons. The fraction of sp³-hybridized carbons (Fsp3) is 0.300. The van der Waals surface area contributed by atoms with E-state index >= 15 is 0 Å². The summed E-state index contributed by atoms with van der Waals surface area (Å²) in [4.78, 5) is 26.1. The Bertz CT molecular complexity index is 451. The fourth-order valence-corrected chi connectivity index (χ4v) is 1.40. The molecule has 1 heterocycles. The van der Waals surface area contributed by atoms with Crippen LogP contribution in [0.2, 0.25) is 10.2 Å². The Hall–Kier alpha value is -1.33. The number of nitrogens with zero attached hydrogens (tertiary/aromatic N) is 1. The minimum absolute atomic E-state index is 0.0912. The Kier molecular flexibility index (Phi) is 4.72. The van der Waals surface area contributed by atoms with E-state index in [0.29, 0.717) is 0 Å². The molecule has 0 aliphatic carbocycles. The fourth-order valence-electron chi connectivity index (χ4n) is 1.13. The molecular weight excluding hydrogens is 267 g/mol. The second-order valence-corrected chi connectivity index (χ2v) is 4.03. The largest absolute Gasteiger partial charge is 0.480 e. The van der Waals surface area contributed by atoms with E-state index in [4.69, 9.17) is 28.3 Å². The second kappa shape index (κ2) is 5.84. The average Bonchev–Trinajstić information content (AvgIpc) is 2.28. The molecule has 1 amide bonds. The maximum atomic E-state index is 11.7. The van der Waals surface area contributed by atoms with Gasteiger partial charge in [-0.3, -0.25) is 4.79 Å². The number of hydrogen-bond acceptors (Lipinski definition) is 3. The molecule has 17 heavy (non-hydrogen) atoms. The van der Waals surface area contributed by atoms with Crippen LogP contribution in [0.25, 0.3) is 0 Å². The third-order valence-corrected chi connectivity index (χ3v) is 2.76. The van der Waals surface area contributed by atoms with Crippen LogP contribution in [-0.2, 0) is 4.79 Å². The summed E-state index contributed by atoms with van der Waals surface area (Å²) < 4.78 is 0. The molecule has 0 saturated carbocycles. The molecule has 0 aromatic carbocycles. The first-order valence-corrected chi connectivity index (χ1v) is 5.56. The number of rotatable bonds is 4. The lowest BCUT2D eigenvalue weighted by Gasteiger charge is -2.12. The first kappa shape index (κ1) is 13.7. The number of aromatic nitrogens is 1. The maximum Gasteiger partial charge on any atom is 0.326 e. The van der Waals surface area contributed by atoms with Crippen molar-refractivity contribution in [2.24, 2.45) is 0 Å². The highest BCUT2D eigenvalue weighted by molar-refractivity contribution is 6.41. The average molecular weight is 277 g/mol. The highest BCUT2D eigenvalue weighted by Crippen LogP contribution is 2.19. The number of carbonyl (C=O) groups excluding carboxylic acids is 1. The van der Waals surface area contributed by atoms with Gasteiger partial charge >= 0.3 is 5.97 Å². The smallest absolute Gasteiger partial charge is 0.326 e. The minimum atomic E-state index is -1.09. The monoisotopic (exact) mass is 276 g/mol. The molecule has 2 N–H and O–H groups in total. The lowest BCUT2D eigenvalue weighted by atomic mass is 10.2. The Labute approximate surface area is 108 Å². The highest BCUT2D eigenvalue weighted by atomic mass is 35.5. The summed E-state index contributed by atoms with van der Waals surface area (Å²) >= 11 is 11.3. The summed E-state index contributed by atoms with van der Waals surface area (Å²) in [7, 11) is 0. The maximum absolute atomic E-state index is 11.7. The molecular formula is C10H10Cl2N2O3. The molecule has 1 aromatic heterocycles. The van der Waals surface area contributed by atoms with Crippen molar-refractivity contribution in [3.8, 4) is 0 Å². The van der Waals surface area contributed by atoms with Crippen LogP contribution in [0, 0.1) is 0 Å². The van der Waals surface area contributed by atoms with Gasteiger partial charge in [-0.05, 0) is 12.5 Å². The molecule has 0 spiro atoms. The van der Waals surface area contributed by atoms with Crippen LogP contribution in [0.4, 0.5) is 0 Å². The van der Waals surface area contributed by atoms with Crippen LogP contribution < -0.4 is 5.32 Å². The van der Waals surface area contributed by atoms with Crippen molar-refractivity contribution >= 4 is 35.1 Å². The molecule has 1 atom stereocenters. The Morgan fingerprint density at radius 1 is 1.53 bits per heavy atom. The number of halogens is 2. The molecule has 0 fully saturated rings. The summed E-state index contributed by atoms with van der Waals surface area (Å²) in [6.45, 7) is 1.66. The van der Waals surface area contributed by atoms with E-state index in [2.05, 4.69) is 10.3 Å². The predicted octanol–water partition coefficient (Wildman–Crippen LogP) is 1.98. The van der Waals surface area contributed by atoms with Crippen LogP contribution in [0.1, 0.15) is 23.7 Å². The first-order chi connectivity index (χ1) is 7.95. The zero-order valence-electron chi connectivity index (χ0n) is 8.91. The van der Waals surface area contributed by atoms with Crippen molar-refractivity contribution in [2.45, 2.75) is 19.4 Å². The normalized spacial score (nSPS) is 11.9. The van der Waals surface area contributed by atoms with Crippen molar-refractivity contribution in [2.75, 3.05) is 0 Å². The van der Waals surface area contributed by atoms with E-state index in [1.807, 2.05) is 0 Å². The van der Waals surface area contributed by atoms with Crippen LogP contribution in [-0.4, -0.2) is 28.0 Å². The van der Waals surface area contributed by atoms with Gasteiger partial charge in [0.1, 0.15) is 11.2 Å². The van der Waals surface area contributed by atoms with Gasteiger partial charge in [0.25, 0.3) is 5.91 Å². The number of nitrogens with one attached hydrogen (secondary N) is 1. The standard InChI is InChI=1S/C10H10Cl2N2O3/c1-2-7(10(16)17)14-9(15)5-3-6(11)8(12)13-4-5/h3-4,7H,2H2,1H3,(H,14,15)(H,16,17)/t7-/m0/s1. The molecule has 7 heteroatoms. The number of aliphatic carboxylic acids is 1. The van der Waals surface area contributed by atoms with Crippen LogP contribution in [0.15, 0.2) is 12.3 Å². The SMILES string of the molecule is CC[C@H](NC(=O)c1cnc(Cl)c(Cl)c1)C(=O)O. The zero-order chi connectivity index (χ0) is 13.0. The molecule has 0 saturated heterocycles. The van der Waals surface area contributed by atoms with Crippen LogP contribution in [0.5, 0.6) is 0 Å². The predicted molar refractivity (Wildman–Crippen MR) is 63.4 cm³/mol. The van der Waals surface area contributed by atoms with Gasteiger partial charge in [0.05, 0.1) is 10.6 Å². The lowest BCUT2D eigenvalue weighted by Crippen LogP contribution is -2.40. The Morgan fingerprint density at radius 3 is 2.65 bits per heavy atom. The van der Waals surface area contributed by atoms with Gasteiger partial charge in [-0.2, -0.15) is 0 Å². The second-order valence-electron chi connectivity index (χ2n) is 3.27. The van der Waals surface area contributed by atoms with Gasteiger partial charge in [0.15, 0.2) is 0 Å². The summed E-state index contributed by atoms with van der Waals surface area (Å²) in [5, 5.41) is 11.4. The minimum Gasteiger partial charge on any atom is -0.480 e. The van der Waals surface area contributed by atoms with Crippen LogP contribution >= 0.6 is 23.2 Å². The third kappa shape index (κ3) is 3.57. The quantitative estimate of drug-likeness (QED) is 0.825. The van der Waals surface area contributed by atoms with E-state index in [0.717, 1.165) is 0 Å². The van der Waals surface area contributed by atoms with E-state index in [1.54, 1.807) is 6.92 Å². The lowest BCUT2D eigenvalue weighted by molar-refractivity contribution is -0.139. The zero-order valence-corrected chi connectivity index (χ0v) is 10.4. The van der Waals surface area contributed by atoms with E-state index < -0.39 is 17.9 Å². The summed E-state index contributed by atoms with van der Waals surface area (Å²) in [6, 6.07) is 0.401. The van der Waals surface area contributed by atoms with Crippen molar-refractivity contribution in [3.63, 3.8) is 0 Å². The van der Waals surface area contributed by atoms with Gasteiger partial charge < -0.3 is 10.4 Å². The molecule has 5 nitrogen and oxygen atoms in total. The Morgan fingerprint density at radius 2 is 2.18 bits per heavy atom. The van der Waals surface area contributed by atoms with Crippen LogP contribution in [0.3, 0.4) is 0 Å². The number of carboxylic acid groups (broad SMARTS) is 1. The van der Waals surface area contributed by atoms with Gasteiger partial charge in [-0.1, -0.05) is 30.1 Å². The van der Waals surface area contributed by atoms with Gasteiger partial charge in [-0.25, -0.2) is 9.78 Å². The molecule has 0 aliphatic heterocycles. The Balaban J connectivity index is 2.82. The van der Waals surface area contributed by atoms with Crippen molar-refractivity contribution in [1.82, 2.24) is 10.3 Å². The van der Waals surface area contributed by atoms with E-state index in [-0.39, 0.29) is 22.2 Å². The van der Waals surface area contributed by atoms with E-state index in [1.165, 1.54) is 12.3 Å². The van der Waals surface area contributed by atoms with Gasteiger partial charge in [0, 0.05) is 6.20 Å². The number of amides is 1. The number of pyridine rings is 1. The topological polar surface area (TPSA) is 79.3 Å². The summed E-state index contributed by atoms with van der Waals surface area (Å²) in [5.41, 5.74) is 0.166. The number of carboxylic acids is 1. The molecule has 92 valence electrons. The van der Waals surface area contributed by atoms with E-state index in [9.17, 15) is 9.59 Å². The highest BCUT2D eigenvalue weighted by Gasteiger charge is 2.19. The molecule has 0 unspecified atom stereocenters. The number of carbonyl (C=O) groups is 2. The van der Waals surface area contributed by atoms with Crippen molar-refractivity contribution in [3.05, 3.63) is 28.0 Å². The molecule has 1 rings (SSSR count). The summed E-state index contributed by atoms with van der Waals surface area (Å²) in [5.74, 6) is -1.64. The summed E-state index contributed by atoms with van der Waals surface area (Å²) in [6.07, 6.45) is 1.52. The molecule has 1 aromatic rings. The van der Waals surface area contributed by atoms with Crippen molar-refractivity contribution in [1.29, 1.82) is 0 Å².